The first-order valence-electron chi connectivity index (χ1n) is 7.43. The highest BCUT2D eigenvalue weighted by Gasteiger charge is 2.26. The zero-order chi connectivity index (χ0) is 13.5. The molecule has 0 radical (unpaired) electrons. The zero-order valence-electron chi connectivity index (χ0n) is 11.5. The molecule has 1 aromatic carbocycles. The van der Waals surface area contributed by atoms with Crippen LogP contribution in [0.25, 0.3) is 0 Å². The van der Waals surface area contributed by atoms with E-state index in [1.807, 2.05) is 11.3 Å². The fourth-order valence-electron chi connectivity index (χ4n) is 3.29. The third kappa shape index (κ3) is 1.95. The topological polar surface area (TPSA) is 42.1 Å². The predicted octanol–water partition coefficient (Wildman–Crippen LogP) is 3.56. The van der Waals surface area contributed by atoms with Gasteiger partial charge in [0.2, 0.25) is 0 Å². The third-order valence-corrected chi connectivity index (χ3v) is 5.48. The molecule has 0 spiro atoms. The van der Waals surface area contributed by atoms with Crippen molar-refractivity contribution < 1.29 is 0 Å². The Hall–Kier alpha value is -1.39. The Labute approximate surface area is 123 Å². The molecule has 0 saturated carbocycles. The number of aryl methyl sites for hydroxylation is 2. The number of hydrogen-bond acceptors (Lipinski definition) is 4. The number of aromatic nitrogens is 1. The monoisotopic (exact) mass is 285 g/mol. The van der Waals surface area contributed by atoms with Gasteiger partial charge in [0.25, 0.3) is 0 Å². The number of benzene rings is 1. The molecule has 2 heterocycles. The molecule has 3 nitrogen and oxygen atoms in total. The van der Waals surface area contributed by atoms with Crippen LogP contribution < -0.4 is 10.6 Å². The van der Waals surface area contributed by atoms with E-state index in [0.717, 1.165) is 30.2 Å². The summed E-state index contributed by atoms with van der Waals surface area (Å²) in [6, 6.07) is 8.85. The Morgan fingerprint density at radius 2 is 2.10 bits per heavy atom. The van der Waals surface area contributed by atoms with Gasteiger partial charge in [-0.25, -0.2) is 4.98 Å². The fourth-order valence-corrected chi connectivity index (χ4v) is 4.50. The maximum absolute atomic E-state index is 6.21. The van der Waals surface area contributed by atoms with E-state index in [-0.39, 0.29) is 6.04 Å². The lowest BCUT2D eigenvalue weighted by Gasteiger charge is -2.29. The lowest BCUT2D eigenvalue weighted by molar-refractivity contribution is 0.563. The summed E-state index contributed by atoms with van der Waals surface area (Å²) in [5.74, 6) is 0. The molecule has 1 atom stereocenters. The van der Waals surface area contributed by atoms with Gasteiger partial charge < -0.3 is 10.6 Å². The van der Waals surface area contributed by atoms with E-state index in [4.69, 9.17) is 10.7 Å². The van der Waals surface area contributed by atoms with Crippen molar-refractivity contribution in [3.8, 4) is 0 Å². The van der Waals surface area contributed by atoms with Crippen LogP contribution in [0.2, 0.25) is 0 Å². The molecule has 20 heavy (non-hydrogen) atoms. The second-order valence-corrected chi connectivity index (χ2v) is 6.75. The Morgan fingerprint density at radius 3 is 3.00 bits per heavy atom. The van der Waals surface area contributed by atoms with Crippen molar-refractivity contribution >= 4 is 22.2 Å². The molecule has 0 bridgehead atoms. The Morgan fingerprint density at radius 1 is 1.20 bits per heavy atom. The molecule has 1 aliphatic heterocycles. The number of nitrogens with two attached hydrogens (primary N) is 1. The van der Waals surface area contributed by atoms with Crippen molar-refractivity contribution in [1.29, 1.82) is 0 Å². The Bertz CT molecular complexity index is 634. The minimum absolute atomic E-state index is 0.142. The van der Waals surface area contributed by atoms with Gasteiger partial charge in [-0.2, -0.15) is 0 Å². The molecule has 104 valence electrons. The largest absolute Gasteiger partial charge is 0.323 e. The van der Waals surface area contributed by atoms with Gasteiger partial charge >= 0.3 is 0 Å². The lowest BCUT2D eigenvalue weighted by atomic mass is 9.99. The van der Waals surface area contributed by atoms with E-state index in [1.54, 1.807) is 0 Å². The minimum Gasteiger partial charge on any atom is -0.323 e. The molecule has 4 heteroatoms. The number of nitrogens with zero attached hydrogens (tertiary/aromatic N) is 2. The van der Waals surface area contributed by atoms with E-state index in [9.17, 15) is 0 Å². The van der Waals surface area contributed by atoms with Crippen molar-refractivity contribution in [3.05, 3.63) is 40.4 Å². The molecule has 1 unspecified atom stereocenters. The van der Waals surface area contributed by atoms with Crippen LogP contribution in [0.15, 0.2) is 24.3 Å². The van der Waals surface area contributed by atoms with Gasteiger partial charge in [-0.15, -0.1) is 11.3 Å². The number of hydrogen-bond donors (Lipinski definition) is 1. The van der Waals surface area contributed by atoms with Crippen LogP contribution in [0.5, 0.6) is 0 Å². The van der Waals surface area contributed by atoms with Gasteiger partial charge in [-0.1, -0.05) is 18.2 Å². The van der Waals surface area contributed by atoms with Gasteiger partial charge in [0, 0.05) is 23.2 Å². The minimum atomic E-state index is 0.142. The third-order valence-electron chi connectivity index (χ3n) is 4.33. The number of thiazole rings is 1. The number of rotatable bonds is 1. The molecule has 2 aliphatic rings. The normalized spacial score (nSPS) is 21.4. The quantitative estimate of drug-likeness (QED) is 0.871. The zero-order valence-corrected chi connectivity index (χ0v) is 12.3. The van der Waals surface area contributed by atoms with Gasteiger partial charge in [0.05, 0.1) is 5.69 Å². The van der Waals surface area contributed by atoms with Crippen molar-refractivity contribution in [2.75, 3.05) is 11.4 Å². The van der Waals surface area contributed by atoms with E-state index < -0.39 is 0 Å². The molecule has 4 rings (SSSR count). The molecule has 0 amide bonds. The van der Waals surface area contributed by atoms with E-state index >= 15 is 0 Å². The second-order valence-electron chi connectivity index (χ2n) is 5.69. The fraction of sp³-hybridized carbons (Fsp3) is 0.438. The van der Waals surface area contributed by atoms with Crippen LogP contribution in [0.4, 0.5) is 10.8 Å². The highest BCUT2D eigenvalue weighted by Crippen LogP contribution is 2.40. The predicted molar refractivity (Wildman–Crippen MR) is 83.7 cm³/mol. The van der Waals surface area contributed by atoms with Crippen LogP contribution >= 0.6 is 11.3 Å². The molecular weight excluding hydrogens is 266 g/mol. The van der Waals surface area contributed by atoms with Crippen molar-refractivity contribution in [2.45, 2.75) is 38.1 Å². The summed E-state index contributed by atoms with van der Waals surface area (Å²) in [4.78, 5) is 8.66. The van der Waals surface area contributed by atoms with E-state index in [1.165, 1.54) is 35.4 Å². The standard InChI is InChI=1S/C16H19N3S/c17-12-7-3-9-14-15(12)18-16(20-14)19-10-4-6-11-5-1-2-8-13(11)19/h1-2,5,8,12H,3-4,6-7,9-10,17H2. The highest BCUT2D eigenvalue weighted by molar-refractivity contribution is 7.15. The van der Waals surface area contributed by atoms with Crippen LogP contribution in [-0.2, 0) is 12.8 Å². The van der Waals surface area contributed by atoms with Crippen LogP contribution in [0.1, 0.15) is 41.4 Å². The SMILES string of the molecule is NC1CCCc2sc(N3CCCc4ccccc43)nc21. The van der Waals surface area contributed by atoms with Crippen molar-refractivity contribution in [2.24, 2.45) is 5.73 Å². The summed E-state index contributed by atoms with van der Waals surface area (Å²) >= 11 is 1.84. The van der Waals surface area contributed by atoms with E-state index in [0.29, 0.717) is 0 Å². The summed E-state index contributed by atoms with van der Waals surface area (Å²) < 4.78 is 0. The summed E-state index contributed by atoms with van der Waals surface area (Å²) in [5, 5.41) is 1.14. The molecule has 0 saturated heterocycles. The first-order valence-corrected chi connectivity index (χ1v) is 8.25. The molecule has 0 fully saturated rings. The maximum Gasteiger partial charge on any atom is 0.190 e. The second kappa shape index (κ2) is 4.86. The maximum atomic E-state index is 6.21. The Kier molecular flexibility index (Phi) is 3.00. The first kappa shape index (κ1) is 12.4. The molecule has 1 aliphatic carbocycles. The van der Waals surface area contributed by atoms with Gasteiger partial charge in [-0.3, -0.25) is 0 Å². The molecule has 2 aromatic rings. The summed E-state index contributed by atoms with van der Waals surface area (Å²) in [6.45, 7) is 1.07. The smallest absolute Gasteiger partial charge is 0.190 e. The van der Waals surface area contributed by atoms with Gasteiger partial charge in [0.1, 0.15) is 0 Å². The van der Waals surface area contributed by atoms with Gasteiger partial charge in [0.15, 0.2) is 5.13 Å². The van der Waals surface area contributed by atoms with Crippen molar-refractivity contribution in [1.82, 2.24) is 4.98 Å². The average molecular weight is 285 g/mol. The highest BCUT2D eigenvalue weighted by atomic mass is 32.1. The van der Waals surface area contributed by atoms with Crippen molar-refractivity contribution in [3.63, 3.8) is 0 Å². The first-order chi connectivity index (χ1) is 9.83. The summed E-state index contributed by atoms with van der Waals surface area (Å²) in [7, 11) is 0. The number of fused-ring (bicyclic) bond motifs is 2. The van der Waals surface area contributed by atoms with Gasteiger partial charge in [-0.05, 0) is 43.7 Å². The number of anilines is 2. The lowest BCUT2D eigenvalue weighted by Crippen LogP contribution is -2.24. The van der Waals surface area contributed by atoms with E-state index in [2.05, 4.69) is 29.2 Å². The van der Waals surface area contributed by atoms with Crippen LogP contribution in [0.3, 0.4) is 0 Å². The summed E-state index contributed by atoms with van der Waals surface area (Å²) in [6.07, 6.45) is 5.81. The van der Waals surface area contributed by atoms with Crippen LogP contribution in [0, 0.1) is 0 Å². The summed E-state index contributed by atoms with van der Waals surface area (Å²) in [5.41, 5.74) is 10.1. The Balaban J connectivity index is 1.76. The van der Waals surface area contributed by atoms with Crippen LogP contribution in [-0.4, -0.2) is 11.5 Å². The molecular formula is C16H19N3S. The average Bonchev–Trinajstić information content (AvgIpc) is 2.92. The molecule has 1 aromatic heterocycles. The number of para-hydroxylation sites is 1. The molecule has 2 N–H and O–H groups in total.